The van der Waals surface area contributed by atoms with Crippen molar-refractivity contribution in [2.45, 2.75) is 80.1 Å². The Hall–Kier alpha value is -0.0400. The minimum absolute atomic E-state index is 0.505. The van der Waals surface area contributed by atoms with E-state index < -0.39 is 0 Å². The number of piperidine rings is 1. The second kappa shape index (κ2) is 7.11. The Morgan fingerprint density at radius 3 is 1.84 bits per heavy atom. The van der Waals surface area contributed by atoms with Gasteiger partial charge in [0, 0.05) is 0 Å². The normalized spacial score (nSPS) is 19.9. The predicted octanol–water partition coefficient (Wildman–Crippen LogP) is 5.35. The molecule has 1 heteroatoms. The van der Waals surface area contributed by atoms with E-state index in [4.69, 9.17) is 0 Å². The molecule has 114 valence electrons. The lowest BCUT2D eigenvalue weighted by molar-refractivity contribution is 0.161. The molecular formula is C18H37N. The molecule has 0 bridgehead atoms. The fourth-order valence-electron chi connectivity index (χ4n) is 2.97. The van der Waals surface area contributed by atoms with Crippen molar-refractivity contribution in [1.82, 2.24) is 4.90 Å². The summed E-state index contributed by atoms with van der Waals surface area (Å²) in [5, 5.41) is 0. The summed E-state index contributed by atoms with van der Waals surface area (Å²) in [4.78, 5) is 2.69. The minimum Gasteiger partial charge on any atom is -0.303 e. The molecule has 1 aliphatic rings. The highest BCUT2D eigenvalue weighted by Crippen LogP contribution is 2.29. The Morgan fingerprint density at radius 2 is 1.37 bits per heavy atom. The van der Waals surface area contributed by atoms with Crippen LogP contribution in [0.1, 0.15) is 80.1 Å². The number of nitrogens with zero attached hydrogens (tertiary/aromatic N) is 1. The predicted molar refractivity (Wildman–Crippen MR) is 86.5 cm³/mol. The molecule has 0 saturated carbocycles. The number of hydrogen-bond acceptors (Lipinski definition) is 1. The van der Waals surface area contributed by atoms with Crippen molar-refractivity contribution in [3.05, 3.63) is 0 Å². The smallest absolute Gasteiger partial charge is 0.00161 e. The molecule has 19 heavy (non-hydrogen) atoms. The summed E-state index contributed by atoms with van der Waals surface area (Å²) < 4.78 is 0. The zero-order valence-corrected chi connectivity index (χ0v) is 14.4. The van der Waals surface area contributed by atoms with E-state index in [2.05, 4.69) is 46.4 Å². The first-order chi connectivity index (χ1) is 8.66. The van der Waals surface area contributed by atoms with Gasteiger partial charge in [0.25, 0.3) is 0 Å². The standard InChI is InChI=1S/C18H37N/c1-17(2,3)11-7-13-19-14-9-16(10-15-19)8-12-18(4,5)6/h16H,7-15H2,1-6H3. The van der Waals surface area contributed by atoms with Crippen molar-refractivity contribution in [2.75, 3.05) is 19.6 Å². The van der Waals surface area contributed by atoms with Gasteiger partial charge in [0.1, 0.15) is 0 Å². The monoisotopic (exact) mass is 267 g/mol. The van der Waals surface area contributed by atoms with Crippen molar-refractivity contribution in [2.24, 2.45) is 16.7 Å². The largest absolute Gasteiger partial charge is 0.303 e. The van der Waals surface area contributed by atoms with Gasteiger partial charge in [-0.15, -0.1) is 0 Å². The molecule has 1 aliphatic heterocycles. The zero-order chi connectivity index (χ0) is 14.5. The first-order valence-electron chi connectivity index (χ1n) is 8.38. The highest BCUT2D eigenvalue weighted by molar-refractivity contribution is 4.75. The van der Waals surface area contributed by atoms with E-state index in [1.54, 1.807) is 0 Å². The van der Waals surface area contributed by atoms with Crippen LogP contribution in [0.3, 0.4) is 0 Å². The topological polar surface area (TPSA) is 3.24 Å². The van der Waals surface area contributed by atoms with E-state index in [0.717, 1.165) is 5.92 Å². The molecule has 1 saturated heterocycles. The van der Waals surface area contributed by atoms with Crippen molar-refractivity contribution >= 4 is 0 Å². The van der Waals surface area contributed by atoms with Crippen molar-refractivity contribution in [3.8, 4) is 0 Å². The fourth-order valence-corrected chi connectivity index (χ4v) is 2.97. The molecule has 1 fully saturated rings. The molecule has 1 heterocycles. The average molecular weight is 268 g/mol. The quantitative estimate of drug-likeness (QED) is 0.649. The van der Waals surface area contributed by atoms with Gasteiger partial charge >= 0.3 is 0 Å². The molecule has 0 amide bonds. The third kappa shape index (κ3) is 8.68. The highest BCUT2D eigenvalue weighted by Gasteiger charge is 2.21. The number of rotatable bonds is 5. The fraction of sp³-hybridized carbons (Fsp3) is 1.00. The van der Waals surface area contributed by atoms with Crippen LogP contribution in [0.2, 0.25) is 0 Å². The highest BCUT2D eigenvalue weighted by atomic mass is 15.1. The van der Waals surface area contributed by atoms with Crippen LogP contribution in [0.25, 0.3) is 0 Å². The minimum atomic E-state index is 0.505. The SMILES string of the molecule is CC(C)(C)CCCN1CCC(CCC(C)(C)C)CC1. The van der Waals surface area contributed by atoms with Crippen molar-refractivity contribution in [3.63, 3.8) is 0 Å². The van der Waals surface area contributed by atoms with E-state index >= 15 is 0 Å². The van der Waals surface area contributed by atoms with Gasteiger partial charge in [-0.25, -0.2) is 0 Å². The van der Waals surface area contributed by atoms with Crippen LogP contribution < -0.4 is 0 Å². The maximum Gasteiger partial charge on any atom is -0.00161 e. The van der Waals surface area contributed by atoms with E-state index in [9.17, 15) is 0 Å². The van der Waals surface area contributed by atoms with Gasteiger partial charge in [-0.05, 0) is 74.9 Å². The summed E-state index contributed by atoms with van der Waals surface area (Å²) in [5.41, 5.74) is 1.02. The Bertz CT molecular complexity index is 235. The molecule has 1 rings (SSSR count). The molecule has 1 nitrogen and oxygen atoms in total. The van der Waals surface area contributed by atoms with Crippen LogP contribution >= 0.6 is 0 Å². The average Bonchev–Trinajstić information content (AvgIpc) is 2.25. The van der Waals surface area contributed by atoms with Crippen LogP contribution in [-0.2, 0) is 0 Å². The molecule has 0 atom stereocenters. The lowest BCUT2D eigenvalue weighted by atomic mass is 9.83. The first-order valence-corrected chi connectivity index (χ1v) is 8.38. The van der Waals surface area contributed by atoms with Crippen LogP contribution in [0.4, 0.5) is 0 Å². The Balaban J connectivity index is 2.12. The summed E-state index contributed by atoms with van der Waals surface area (Å²) >= 11 is 0. The molecule has 0 radical (unpaired) electrons. The summed E-state index contributed by atoms with van der Waals surface area (Å²) in [6.07, 6.45) is 8.44. The molecular weight excluding hydrogens is 230 g/mol. The second-order valence-electron chi connectivity index (χ2n) is 9.05. The number of likely N-dealkylation sites (tertiary alicyclic amines) is 1. The summed E-state index contributed by atoms with van der Waals surface area (Å²) in [5.74, 6) is 0.998. The van der Waals surface area contributed by atoms with Gasteiger partial charge in [-0.1, -0.05) is 41.5 Å². The Kier molecular flexibility index (Phi) is 6.36. The molecule has 0 N–H and O–H groups in total. The lowest BCUT2D eigenvalue weighted by Gasteiger charge is -2.33. The third-order valence-corrected chi connectivity index (χ3v) is 4.41. The van der Waals surface area contributed by atoms with E-state index in [-0.39, 0.29) is 0 Å². The Morgan fingerprint density at radius 1 is 0.842 bits per heavy atom. The van der Waals surface area contributed by atoms with Gasteiger partial charge < -0.3 is 4.90 Å². The van der Waals surface area contributed by atoms with Crippen LogP contribution in [0.5, 0.6) is 0 Å². The van der Waals surface area contributed by atoms with E-state index in [1.165, 1.54) is 58.2 Å². The maximum absolute atomic E-state index is 2.69. The van der Waals surface area contributed by atoms with Gasteiger partial charge in [-0.2, -0.15) is 0 Å². The van der Waals surface area contributed by atoms with Gasteiger partial charge in [-0.3, -0.25) is 0 Å². The van der Waals surface area contributed by atoms with Gasteiger partial charge in [0.05, 0.1) is 0 Å². The number of hydrogen-bond donors (Lipinski definition) is 0. The van der Waals surface area contributed by atoms with Gasteiger partial charge in [0.2, 0.25) is 0 Å². The Labute approximate surface area is 122 Å². The summed E-state index contributed by atoms with van der Waals surface area (Å²) in [6, 6.07) is 0. The van der Waals surface area contributed by atoms with Crippen molar-refractivity contribution in [1.29, 1.82) is 0 Å². The van der Waals surface area contributed by atoms with Crippen molar-refractivity contribution < 1.29 is 0 Å². The second-order valence-corrected chi connectivity index (χ2v) is 9.05. The molecule has 0 aliphatic carbocycles. The molecule has 0 aromatic heterocycles. The van der Waals surface area contributed by atoms with E-state index in [1.807, 2.05) is 0 Å². The van der Waals surface area contributed by atoms with Crippen LogP contribution in [0, 0.1) is 16.7 Å². The van der Waals surface area contributed by atoms with Crippen LogP contribution in [-0.4, -0.2) is 24.5 Å². The van der Waals surface area contributed by atoms with E-state index in [0.29, 0.717) is 10.8 Å². The summed E-state index contributed by atoms with van der Waals surface area (Å²) in [7, 11) is 0. The molecule has 0 aromatic rings. The third-order valence-electron chi connectivity index (χ3n) is 4.41. The maximum atomic E-state index is 2.69. The lowest BCUT2D eigenvalue weighted by Crippen LogP contribution is -2.35. The summed E-state index contributed by atoms with van der Waals surface area (Å²) in [6.45, 7) is 18.2. The first kappa shape index (κ1) is 17.0. The molecule has 0 unspecified atom stereocenters. The zero-order valence-electron chi connectivity index (χ0n) is 14.4. The molecule has 0 aromatic carbocycles. The molecule has 0 spiro atoms. The van der Waals surface area contributed by atoms with Crippen LogP contribution in [0.15, 0.2) is 0 Å². The van der Waals surface area contributed by atoms with Gasteiger partial charge in [0.15, 0.2) is 0 Å².